The molecule has 0 radical (unpaired) electrons. The van der Waals surface area contributed by atoms with Crippen molar-refractivity contribution in [3.63, 3.8) is 0 Å². The smallest absolute Gasteiger partial charge is 0.122 e. The second-order valence-electron chi connectivity index (χ2n) is 4.70. The summed E-state index contributed by atoms with van der Waals surface area (Å²) in [5, 5.41) is 3.39. The predicted octanol–water partition coefficient (Wildman–Crippen LogP) is 1.19. The lowest BCUT2D eigenvalue weighted by atomic mass is 10.2. The quantitative estimate of drug-likeness (QED) is 0.850. The first kappa shape index (κ1) is 12.3. The highest BCUT2D eigenvalue weighted by molar-refractivity contribution is 5.26. The Morgan fingerprint density at radius 2 is 2.35 bits per heavy atom. The number of ether oxygens (including phenoxy) is 1. The van der Waals surface area contributed by atoms with Crippen LogP contribution in [0.25, 0.3) is 0 Å². The molecule has 1 aromatic rings. The van der Waals surface area contributed by atoms with E-state index in [0.717, 1.165) is 36.8 Å². The standard InChI is InChI=1S/C13H21N3O/c1-10-6-13(17-3)7-11(15-10)9-16(2)12-4-5-14-8-12/h6-7,12,14H,4-5,8-9H2,1-3H3. The van der Waals surface area contributed by atoms with Crippen LogP contribution in [0.1, 0.15) is 17.8 Å². The second kappa shape index (κ2) is 5.47. The number of hydrogen-bond donors (Lipinski definition) is 1. The van der Waals surface area contributed by atoms with Crippen LogP contribution in [0, 0.1) is 6.92 Å². The molecular formula is C13H21N3O. The highest BCUT2D eigenvalue weighted by Gasteiger charge is 2.19. The third-order valence-corrected chi connectivity index (χ3v) is 3.28. The van der Waals surface area contributed by atoms with Gasteiger partial charge < -0.3 is 10.1 Å². The van der Waals surface area contributed by atoms with Crippen molar-refractivity contribution in [3.8, 4) is 5.75 Å². The highest BCUT2D eigenvalue weighted by Crippen LogP contribution is 2.16. The first-order chi connectivity index (χ1) is 8.19. The fourth-order valence-corrected chi connectivity index (χ4v) is 2.30. The number of likely N-dealkylation sites (N-methyl/N-ethyl adjacent to an activating group) is 1. The third kappa shape index (κ3) is 3.17. The summed E-state index contributed by atoms with van der Waals surface area (Å²) in [6.07, 6.45) is 1.22. The Labute approximate surface area is 103 Å². The van der Waals surface area contributed by atoms with Gasteiger partial charge in [0, 0.05) is 37.0 Å². The molecule has 0 amide bonds. The largest absolute Gasteiger partial charge is 0.497 e. The summed E-state index contributed by atoms with van der Waals surface area (Å²) in [6, 6.07) is 4.61. The lowest BCUT2D eigenvalue weighted by Crippen LogP contribution is -2.33. The van der Waals surface area contributed by atoms with Gasteiger partial charge in [-0.15, -0.1) is 0 Å². The van der Waals surface area contributed by atoms with Crippen molar-refractivity contribution in [2.24, 2.45) is 0 Å². The minimum Gasteiger partial charge on any atom is -0.497 e. The number of hydrogen-bond acceptors (Lipinski definition) is 4. The van der Waals surface area contributed by atoms with Gasteiger partial charge in [-0.05, 0) is 26.9 Å². The molecule has 94 valence electrons. The Morgan fingerprint density at radius 3 is 3.00 bits per heavy atom. The number of methoxy groups -OCH3 is 1. The molecule has 1 N–H and O–H groups in total. The monoisotopic (exact) mass is 235 g/mol. The van der Waals surface area contributed by atoms with Crippen molar-refractivity contribution >= 4 is 0 Å². The average molecular weight is 235 g/mol. The van der Waals surface area contributed by atoms with Crippen LogP contribution in [0.5, 0.6) is 5.75 Å². The Bertz CT molecular complexity index is 375. The number of pyridine rings is 1. The Hall–Kier alpha value is -1.13. The fourth-order valence-electron chi connectivity index (χ4n) is 2.30. The van der Waals surface area contributed by atoms with Crippen LogP contribution in [0.2, 0.25) is 0 Å². The maximum atomic E-state index is 5.27. The molecule has 1 fully saturated rings. The maximum Gasteiger partial charge on any atom is 0.122 e. The molecule has 0 bridgehead atoms. The van der Waals surface area contributed by atoms with Crippen LogP contribution < -0.4 is 10.1 Å². The molecule has 0 aliphatic carbocycles. The van der Waals surface area contributed by atoms with E-state index in [1.807, 2.05) is 19.1 Å². The molecule has 2 heterocycles. The highest BCUT2D eigenvalue weighted by atomic mass is 16.5. The predicted molar refractivity (Wildman–Crippen MR) is 68.3 cm³/mol. The van der Waals surface area contributed by atoms with Crippen LogP contribution >= 0.6 is 0 Å². The van der Waals surface area contributed by atoms with E-state index in [1.165, 1.54) is 6.42 Å². The minimum absolute atomic E-state index is 0.628. The van der Waals surface area contributed by atoms with Gasteiger partial charge >= 0.3 is 0 Å². The lowest BCUT2D eigenvalue weighted by Gasteiger charge is -2.23. The van der Waals surface area contributed by atoms with E-state index in [9.17, 15) is 0 Å². The van der Waals surface area contributed by atoms with Crippen LogP contribution in [-0.2, 0) is 6.54 Å². The molecule has 2 rings (SSSR count). The van der Waals surface area contributed by atoms with Crippen molar-refractivity contribution < 1.29 is 4.74 Å². The maximum absolute atomic E-state index is 5.27. The van der Waals surface area contributed by atoms with Gasteiger partial charge in [0.25, 0.3) is 0 Å². The molecule has 1 unspecified atom stereocenters. The Balaban J connectivity index is 2.04. The average Bonchev–Trinajstić information content (AvgIpc) is 2.81. The summed E-state index contributed by atoms with van der Waals surface area (Å²) in [4.78, 5) is 6.91. The Morgan fingerprint density at radius 1 is 1.53 bits per heavy atom. The summed E-state index contributed by atoms with van der Waals surface area (Å²) < 4.78 is 5.27. The van der Waals surface area contributed by atoms with Crippen LogP contribution in [0.4, 0.5) is 0 Å². The third-order valence-electron chi connectivity index (χ3n) is 3.28. The topological polar surface area (TPSA) is 37.4 Å². The van der Waals surface area contributed by atoms with Crippen LogP contribution in [-0.4, -0.2) is 43.2 Å². The number of aromatic nitrogens is 1. The molecule has 0 spiro atoms. The minimum atomic E-state index is 0.628. The SMILES string of the molecule is COc1cc(C)nc(CN(C)C2CCNC2)c1. The number of nitrogens with zero attached hydrogens (tertiary/aromatic N) is 2. The summed E-state index contributed by atoms with van der Waals surface area (Å²) in [7, 11) is 3.86. The number of rotatable bonds is 4. The van der Waals surface area contributed by atoms with Crippen LogP contribution in [0.3, 0.4) is 0 Å². The Kier molecular flexibility index (Phi) is 3.97. The first-order valence-corrected chi connectivity index (χ1v) is 6.11. The number of aryl methyl sites for hydroxylation is 1. The van der Waals surface area contributed by atoms with Crippen molar-refractivity contribution in [2.45, 2.75) is 25.9 Å². The van der Waals surface area contributed by atoms with Crippen molar-refractivity contribution in [2.75, 3.05) is 27.2 Å². The van der Waals surface area contributed by atoms with E-state index in [1.54, 1.807) is 7.11 Å². The molecule has 1 atom stereocenters. The molecule has 1 aliphatic rings. The van der Waals surface area contributed by atoms with Crippen molar-refractivity contribution in [1.29, 1.82) is 0 Å². The van der Waals surface area contributed by atoms with E-state index in [4.69, 9.17) is 4.74 Å². The molecule has 1 aromatic heterocycles. The molecule has 1 saturated heterocycles. The number of nitrogens with one attached hydrogen (secondary N) is 1. The van der Waals surface area contributed by atoms with Gasteiger partial charge in [0.05, 0.1) is 12.8 Å². The molecule has 1 aliphatic heterocycles. The van der Waals surface area contributed by atoms with Gasteiger partial charge in [0.2, 0.25) is 0 Å². The van der Waals surface area contributed by atoms with Gasteiger partial charge in [-0.25, -0.2) is 0 Å². The van der Waals surface area contributed by atoms with Gasteiger partial charge in [-0.3, -0.25) is 9.88 Å². The van der Waals surface area contributed by atoms with E-state index < -0.39 is 0 Å². The van der Waals surface area contributed by atoms with Gasteiger partial charge in [-0.2, -0.15) is 0 Å². The lowest BCUT2D eigenvalue weighted by molar-refractivity contribution is 0.245. The van der Waals surface area contributed by atoms with Gasteiger partial charge in [0.1, 0.15) is 5.75 Å². The second-order valence-corrected chi connectivity index (χ2v) is 4.70. The fraction of sp³-hybridized carbons (Fsp3) is 0.615. The van der Waals surface area contributed by atoms with Crippen molar-refractivity contribution in [3.05, 3.63) is 23.5 Å². The van der Waals surface area contributed by atoms with E-state index in [2.05, 4.69) is 22.2 Å². The molecule has 4 heteroatoms. The summed E-state index contributed by atoms with van der Waals surface area (Å²) >= 11 is 0. The molecule has 17 heavy (non-hydrogen) atoms. The van der Waals surface area contributed by atoms with E-state index in [0.29, 0.717) is 6.04 Å². The molecule has 0 saturated carbocycles. The van der Waals surface area contributed by atoms with E-state index >= 15 is 0 Å². The van der Waals surface area contributed by atoms with Gasteiger partial charge in [0.15, 0.2) is 0 Å². The molecule has 0 aromatic carbocycles. The van der Waals surface area contributed by atoms with E-state index in [-0.39, 0.29) is 0 Å². The normalized spacial score (nSPS) is 19.9. The summed E-state index contributed by atoms with van der Waals surface area (Å²) in [6.45, 7) is 5.09. The zero-order valence-corrected chi connectivity index (χ0v) is 10.9. The first-order valence-electron chi connectivity index (χ1n) is 6.11. The summed E-state index contributed by atoms with van der Waals surface area (Å²) in [5.74, 6) is 0.894. The van der Waals surface area contributed by atoms with Crippen molar-refractivity contribution in [1.82, 2.24) is 15.2 Å². The summed E-state index contributed by atoms with van der Waals surface area (Å²) in [5.41, 5.74) is 2.09. The zero-order valence-electron chi connectivity index (χ0n) is 10.9. The molecule has 4 nitrogen and oxygen atoms in total. The molecular weight excluding hydrogens is 214 g/mol. The van der Waals surface area contributed by atoms with Crippen LogP contribution in [0.15, 0.2) is 12.1 Å². The van der Waals surface area contributed by atoms with Gasteiger partial charge in [-0.1, -0.05) is 0 Å². The zero-order chi connectivity index (χ0) is 12.3.